The fourth-order valence-electron chi connectivity index (χ4n) is 17.1. The van der Waals surface area contributed by atoms with Crippen LogP contribution in [0.25, 0.3) is 0 Å². The second kappa shape index (κ2) is 30.2. The van der Waals surface area contributed by atoms with Gasteiger partial charge in [-0.25, -0.2) is 29.1 Å². The molecule has 12 fully saturated rings. The molecule has 9 heterocycles. The van der Waals surface area contributed by atoms with Gasteiger partial charge in [0.05, 0.1) is 51.2 Å². The molecular formula is C69H100N2O24S. The lowest BCUT2D eigenvalue weighted by molar-refractivity contribution is -0.576. The molecule has 96 heavy (non-hydrogen) atoms. The van der Waals surface area contributed by atoms with Crippen LogP contribution in [0.15, 0.2) is 29.2 Å². The second-order valence-corrected chi connectivity index (χ2v) is 30.5. The van der Waals surface area contributed by atoms with Gasteiger partial charge in [-0.3, -0.25) is 28.8 Å². The molecular weight excluding hydrogens is 1270 g/mol. The molecule has 1 amide bonds. The van der Waals surface area contributed by atoms with E-state index in [1.165, 1.54) is 4.90 Å². The number of nitrogens with one attached hydrogen (secondary N) is 1. The minimum Gasteiger partial charge on any atom is -0.460 e. The van der Waals surface area contributed by atoms with Crippen molar-refractivity contribution in [2.24, 2.45) is 71.0 Å². The van der Waals surface area contributed by atoms with E-state index in [0.29, 0.717) is 47.7 Å². The van der Waals surface area contributed by atoms with E-state index >= 15 is 0 Å². The highest BCUT2D eigenvalue weighted by molar-refractivity contribution is 7.97. The third kappa shape index (κ3) is 15.7. The van der Waals surface area contributed by atoms with Gasteiger partial charge in [-0.05, 0) is 150 Å². The zero-order chi connectivity index (χ0) is 68.5. The summed E-state index contributed by atoms with van der Waals surface area (Å²) < 4.78 is 75.5. The number of carbonyl (C=O) groups excluding carboxylic acids is 7. The first-order valence-corrected chi connectivity index (χ1v) is 35.7. The minimum absolute atomic E-state index is 0.0323. The van der Waals surface area contributed by atoms with Crippen LogP contribution >= 0.6 is 11.9 Å². The summed E-state index contributed by atoms with van der Waals surface area (Å²) in [5.74, 6) is -7.41. The normalized spacial score (nSPS) is 38.0. The summed E-state index contributed by atoms with van der Waals surface area (Å²) in [6.45, 7) is 14.6. The summed E-state index contributed by atoms with van der Waals surface area (Å²) in [5, 5.41) is 11.4. The Morgan fingerprint density at radius 1 is 0.625 bits per heavy atom. The average molecular weight is 1370 g/mol. The number of rotatable bonds is 24. The van der Waals surface area contributed by atoms with Gasteiger partial charge >= 0.3 is 41.9 Å². The number of hydrogen-bond donors (Lipinski definition) is 2. The number of nitrogens with zero attached hydrogens (tertiary/aromatic N) is 1. The van der Waals surface area contributed by atoms with E-state index < -0.39 is 160 Å². The Morgan fingerprint density at radius 2 is 1.15 bits per heavy atom. The van der Waals surface area contributed by atoms with Crippen molar-refractivity contribution in [1.82, 2.24) is 9.62 Å². The third-order valence-electron chi connectivity index (χ3n) is 22.7. The molecule has 2 unspecified atom stereocenters. The highest BCUT2D eigenvalue weighted by Crippen LogP contribution is 2.62. The standard InChI is InChI=1S/C69H100N2O24S/c1-38-14-22-51-42(5)60(87-62-68(51)49(38)30-32-65(7,90-62)92-94-68)85-56(75)26-24-53(72)82-36-67(70-96-46-20-17-44(18-21-46)34-81-64(79)71(9)10,89-58(77)29-28-55(74)84-59(78)41(4)47-13-11-12-45-19-16-40(3)80-35-48(45)47)37-83-54(73)25-27-57(76)86-61-43(6)52-23-15-39(2)50-31-33-66(8)91-63(88-61)69(50,52)95-93-66/h17-18,20-21,38-43,45,47-52,59-63,70,78H,11-16,19,22-37H2,1-10H3/t38-,39-,40+,41-,42-,43-,45?,47+,48?,49+,50+,51+,52+,59+,60-,61-,62-,63-,65-,66-,68-,69-/m1/s1. The molecule has 1 aromatic carbocycles. The Labute approximate surface area is 566 Å². The summed E-state index contributed by atoms with van der Waals surface area (Å²) in [6.07, 6.45) is 2.20. The Kier molecular flexibility index (Phi) is 22.8. The summed E-state index contributed by atoms with van der Waals surface area (Å²) in [5.41, 5.74) is -3.40. The van der Waals surface area contributed by atoms with Gasteiger partial charge in [0.15, 0.2) is 23.8 Å². The maximum absolute atomic E-state index is 14.3. The first-order valence-electron chi connectivity index (χ1n) is 34.9. The van der Waals surface area contributed by atoms with E-state index in [0.717, 1.165) is 82.6 Å². The summed E-state index contributed by atoms with van der Waals surface area (Å²) >= 11 is 0.894. The van der Waals surface area contributed by atoms with Crippen molar-refractivity contribution in [1.29, 1.82) is 0 Å². The fourth-order valence-corrected chi connectivity index (χ4v) is 17.8. The second-order valence-electron chi connectivity index (χ2n) is 29.6. The number of aliphatic hydroxyl groups is 1. The molecule has 0 aromatic heterocycles. The molecule has 9 saturated heterocycles. The largest absolute Gasteiger partial charge is 0.460 e. The van der Waals surface area contributed by atoms with Crippen molar-refractivity contribution < 1.29 is 115 Å². The van der Waals surface area contributed by atoms with Gasteiger partial charge in [0.1, 0.15) is 19.8 Å². The van der Waals surface area contributed by atoms with E-state index in [4.69, 9.17) is 76.4 Å². The van der Waals surface area contributed by atoms with Crippen LogP contribution in [0.1, 0.15) is 183 Å². The molecule has 22 atom stereocenters. The van der Waals surface area contributed by atoms with E-state index in [9.17, 15) is 38.7 Å². The summed E-state index contributed by atoms with van der Waals surface area (Å²) in [6, 6.07) is 6.73. The molecule has 1 aromatic rings. The van der Waals surface area contributed by atoms with Gasteiger partial charge in [0.2, 0.25) is 36.2 Å². The van der Waals surface area contributed by atoms with Crippen molar-refractivity contribution in [2.45, 2.75) is 255 Å². The van der Waals surface area contributed by atoms with Crippen molar-refractivity contribution in [3.63, 3.8) is 0 Å². The number of ether oxygens (including phenoxy) is 12. The van der Waals surface area contributed by atoms with Crippen LogP contribution in [0.4, 0.5) is 4.79 Å². The predicted molar refractivity (Wildman–Crippen MR) is 334 cm³/mol. The predicted octanol–water partition coefficient (Wildman–Crippen LogP) is 9.38. The van der Waals surface area contributed by atoms with Crippen LogP contribution in [0, 0.1) is 71.0 Å². The van der Waals surface area contributed by atoms with E-state index in [2.05, 4.69) is 25.5 Å². The lowest BCUT2D eigenvalue weighted by Crippen LogP contribution is -2.70. The van der Waals surface area contributed by atoms with Gasteiger partial charge in [-0.1, -0.05) is 59.6 Å². The molecule has 536 valence electrons. The molecule has 0 radical (unpaired) electrons. The number of amides is 1. The molecule has 2 spiro atoms. The number of hydrogen-bond acceptors (Lipinski definition) is 26. The third-order valence-corrected chi connectivity index (χ3v) is 23.7. The number of benzene rings is 1. The zero-order valence-corrected chi connectivity index (χ0v) is 58.0. The summed E-state index contributed by atoms with van der Waals surface area (Å²) in [4.78, 5) is 122. The Bertz CT molecular complexity index is 2830. The number of carbonyl (C=O) groups is 7. The van der Waals surface area contributed by atoms with Crippen molar-refractivity contribution in [3.8, 4) is 0 Å². The van der Waals surface area contributed by atoms with Crippen LogP contribution in [-0.4, -0.2) is 152 Å². The van der Waals surface area contributed by atoms with E-state index in [1.54, 1.807) is 52.2 Å². The molecule has 3 aliphatic carbocycles. The first kappa shape index (κ1) is 72.5. The van der Waals surface area contributed by atoms with Crippen LogP contribution in [0.5, 0.6) is 0 Å². The lowest BCUT2D eigenvalue weighted by atomic mass is 9.58. The SMILES string of the molecule is C[C@H]([C@@H]1CCCC2CC[C@H](C)OCC21)[C@@H](O)OC(=O)CCC(=O)OC(COC(=O)CCC(=O)O[C@@H]1O[C@@H]2O[C@@]3(C)CC[C@H]4[C@H](C)CC[C@@H]([C@H]1C)[C@@]24OO3)(COC(=O)CCC(=O)O[C@@H]1O[C@@H]2O[C@@]3(C)CC[C@H]4[C@H](C)CC[C@@H]([C@H]1C)[C@@]24OO3)NSc1ccc(COC(=O)N(C)C)cc1. The highest BCUT2D eigenvalue weighted by Gasteiger charge is 2.71. The van der Waals surface area contributed by atoms with Gasteiger partial charge in [-0.15, -0.1) is 0 Å². The molecule has 3 saturated carbocycles. The molecule has 26 nitrogen and oxygen atoms in total. The summed E-state index contributed by atoms with van der Waals surface area (Å²) in [7, 11) is 3.12. The monoisotopic (exact) mass is 1370 g/mol. The Morgan fingerprint density at radius 3 is 1.69 bits per heavy atom. The number of aliphatic hydroxyl groups excluding tert-OH is 1. The Balaban J connectivity index is 0.767. The van der Waals surface area contributed by atoms with Crippen molar-refractivity contribution >= 4 is 53.9 Å². The molecule has 27 heteroatoms. The molecule has 9 aliphatic heterocycles. The fraction of sp³-hybridized carbons (Fsp3) is 0.812. The van der Waals surface area contributed by atoms with Gasteiger partial charge in [0.25, 0.3) is 0 Å². The quantitative estimate of drug-likeness (QED) is 0.0320. The van der Waals surface area contributed by atoms with Gasteiger partial charge in [-0.2, -0.15) is 0 Å². The first-order chi connectivity index (χ1) is 45.7. The van der Waals surface area contributed by atoms with Gasteiger partial charge in [0, 0.05) is 61.4 Å². The van der Waals surface area contributed by atoms with Crippen molar-refractivity contribution in [2.75, 3.05) is 33.9 Å². The molecule has 12 aliphatic rings. The minimum atomic E-state index is -2.24. The lowest BCUT2D eigenvalue weighted by Gasteiger charge is -2.59. The smallest absolute Gasteiger partial charge is 0.409 e. The van der Waals surface area contributed by atoms with Crippen LogP contribution in [0.3, 0.4) is 0 Å². The number of fused-ring (bicyclic) bond motifs is 5. The maximum Gasteiger partial charge on any atom is 0.409 e. The van der Waals surface area contributed by atoms with Crippen LogP contribution in [-0.2, 0) is 112 Å². The van der Waals surface area contributed by atoms with Crippen molar-refractivity contribution in [3.05, 3.63) is 29.8 Å². The topological polar surface area (TPSA) is 303 Å². The van der Waals surface area contributed by atoms with Crippen LogP contribution in [0.2, 0.25) is 0 Å². The maximum atomic E-state index is 14.3. The molecule has 4 bridgehead atoms. The zero-order valence-electron chi connectivity index (χ0n) is 57.2. The van der Waals surface area contributed by atoms with Crippen LogP contribution < -0.4 is 4.72 Å². The highest BCUT2D eigenvalue weighted by atomic mass is 32.2. The Hall–Kier alpha value is -4.78. The van der Waals surface area contributed by atoms with Gasteiger partial charge < -0.3 is 66.8 Å². The molecule has 13 rings (SSSR count). The molecule has 2 N–H and O–H groups in total. The average Bonchev–Trinajstić information content (AvgIpc) is 1.35. The number of esters is 6. The van der Waals surface area contributed by atoms with E-state index in [1.807, 2.05) is 20.8 Å². The van der Waals surface area contributed by atoms with E-state index in [-0.39, 0.29) is 60.1 Å².